The molecule has 0 atom stereocenters. The van der Waals surface area contributed by atoms with Crippen molar-refractivity contribution in [1.82, 2.24) is 14.5 Å². The Morgan fingerprint density at radius 1 is 1.47 bits per heavy atom. The second kappa shape index (κ2) is 6.17. The summed E-state index contributed by atoms with van der Waals surface area (Å²) in [5.74, 6) is 1.12. The summed E-state index contributed by atoms with van der Waals surface area (Å²) in [6.07, 6.45) is 6.20. The lowest BCUT2D eigenvalue weighted by Gasteiger charge is -2.24. The normalized spacial score (nSPS) is 12.4. The first-order valence-corrected chi connectivity index (χ1v) is 6.29. The zero-order valence-corrected chi connectivity index (χ0v) is 11.6. The standard InChI is InChI=1S/C13H26N4/c1-13(2,11-14)6-5-8-16(3)10-12-15-7-9-17(12)4/h7,9H,5-6,8,10-11,14H2,1-4H3. The molecule has 1 aromatic rings. The molecular formula is C13H26N4. The van der Waals surface area contributed by atoms with Gasteiger partial charge in [0.05, 0.1) is 6.54 Å². The Hall–Kier alpha value is -0.870. The van der Waals surface area contributed by atoms with Crippen molar-refractivity contribution >= 4 is 0 Å². The van der Waals surface area contributed by atoms with Crippen molar-refractivity contribution in [1.29, 1.82) is 0 Å². The van der Waals surface area contributed by atoms with Gasteiger partial charge < -0.3 is 10.3 Å². The van der Waals surface area contributed by atoms with Gasteiger partial charge in [-0.05, 0) is 38.4 Å². The van der Waals surface area contributed by atoms with Crippen LogP contribution in [0.5, 0.6) is 0 Å². The quantitative estimate of drug-likeness (QED) is 0.785. The molecule has 1 rings (SSSR count). The van der Waals surface area contributed by atoms with Crippen molar-refractivity contribution in [2.45, 2.75) is 33.2 Å². The van der Waals surface area contributed by atoms with Crippen LogP contribution in [0.1, 0.15) is 32.5 Å². The predicted molar refractivity (Wildman–Crippen MR) is 71.6 cm³/mol. The van der Waals surface area contributed by atoms with Crippen molar-refractivity contribution in [3.8, 4) is 0 Å². The highest BCUT2D eigenvalue weighted by Gasteiger charge is 2.15. The van der Waals surface area contributed by atoms with Gasteiger partial charge in [0.25, 0.3) is 0 Å². The molecule has 0 aromatic carbocycles. The van der Waals surface area contributed by atoms with Gasteiger partial charge in [-0.1, -0.05) is 13.8 Å². The molecular weight excluding hydrogens is 212 g/mol. The van der Waals surface area contributed by atoms with E-state index >= 15 is 0 Å². The molecule has 0 aliphatic carbocycles. The van der Waals surface area contributed by atoms with E-state index < -0.39 is 0 Å². The number of nitrogens with zero attached hydrogens (tertiary/aromatic N) is 3. The first kappa shape index (κ1) is 14.2. The molecule has 0 aliphatic heterocycles. The molecule has 0 spiro atoms. The maximum absolute atomic E-state index is 5.73. The topological polar surface area (TPSA) is 47.1 Å². The molecule has 0 radical (unpaired) electrons. The highest BCUT2D eigenvalue weighted by atomic mass is 15.1. The van der Waals surface area contributed by atoms with Crippen molar-refractivity contribution in [2.75, 3.05) is 20.1 Å². The van der Waals surface area contributed by atoms with Crippen molar-refractivity contribution in [3.05, 3.63) is 18.2 Å². The van der Waals surface area contributed by atoms with Gasteiger partial charge in [0.2, 0.25) is 0 Å². The van der Waals surface area contributed by atoms with Gasteiger partial charge in [0, 0.05) is 19.4 Å². The molecule has 0 aliphatic rings. The molecule has 1 heterocycles. The van der Waals surface area contributed by atoms with E-state index in [-0.39, 0.29) is 5.41 Å². The van der Waals surface area contributed by atoms with Crippen LogP contribution in [0.4, 0.5) is 0 Å². The monoisotopic (exact) mass is 238 g/mol. The Morgan fingerprint density at radius 2 is 2.18 bits per heavy atom. The summed E-state index contributed by atoms with van der Waals surface area (Å²) in [7, 11) is 4.18. The summed E-state index contributed by atoms with van der Waals surface area (Å²) in [5, 5.41) is 0. The third-order valence-electron chi connectivity index (χ3n) is 3.28. The van der Waals surface area contributed by atoms with E-state index in [9.17, 15) is 0 Å². The number of imidazole rings is 1. The van der Waals surface area contributed by atoms with Crippen LogP contribution in [-0.2, 0) is 13.6 Å². The van der Waals surface area contributed by atoms with E-state index in [0.717, 1.165) is 25.5 Å². The fraction of sp³-hybridized carbons (Fsp3) is 0.769. The van der Waals surface area contributed by atoms with Gasteiger partial charge in [-0.15, -0.1) is 0 Å². The zero-order valence-electron chi connectivity index (χ0n) is 11.6. The number of rotatable bonds is 7. The Kier molecular flexibility index (Phi) is 5.15. The van der Waals surface area contributed by atoms with Crippen molar-refractivity contribution in [3.63, 3.8) is 0 Å². The smallest absolute Gasteiger partial charge is 0.122 e. The fourth-order valence-corrected chi connectivity index (χ4v) is 1.80. The van der Waals surface area contributed by atoms with Crippen LogP contribution >= 0.6 is 0 Å². The van der Waals surface area contributed by atoms with E-state index in [4.69, 9.17) is 5.73 Å². The maximum Gasteiger partial charge on any atom is 0.122 e. The highest BCUT2D eigenvalue weighted by Crippen LogP contribution is 2.20. The predicted octanol–water partition coefficient (Wildman–Crippen LogP) is 1.62. The summed E-state index contributed by atoms with van der Waals surface area (Å²) < 4.78 is 2.07. The minimum absolute atomic E-state index is 0.268. The van der Waals surface area contributed by atoms with E-state index in [1.165, 1.54) is 12.8 Å². The zero-order chi connectivity index (χ0) is 12.9. The summed E-state index contributed by atoms with van der Waals surface area (Å²) in [6, 6.07) is 0. The minimum Gasteiger partial charge on any atom is -0.337 e. The SMILES string of the molecule is CN(CCCC(C)(C)CN)Cc1nccn1C. The fourth-order valence-electron chi connectivity index (χ4n) is 1.80. The Labute approximate surface area is 105 Å². The molecule has 0 saturated heterocycles. The van der Waals surface area contributed by atoms with Gasteiger partial charge in [0.15, 0.2) is 0 Å². The lowest BCUT2D eigenvalue weighted by Crippen LogP contribution is -2.26. The molecule has 17 heavy (non-hydrogen) atoms. The number of aryl methyl sites for hydroxylation is 1. The van der Waals surface area contributed by atoms with Gasteiger partial charge in [-0.3, -0.25) is 4.90 Å². The Bertz CT molecular complexity index is 330. The van der Waals surface area contributed by atoms with Gasteiger partial charge in [-0.25, -0.2) is 4.98 Å². The average Bonchev–Trinajstić information content (AvgIpc) is 2.64. The van der Waals surface area contributed by atoms with Crippen LogP contribution < -0.4 is 5.73 Å². The summed E-state index contributed by atoms with van der Waals surface area (Å²) in [4.78, 5) is 6.64. The lowest BCUT2D eigenvalue weighted by atomic mass is 9.88. The second-order valence-corrected chi connectivity index (χ2v) is 5.66. The third-order valence-corrected chi connectivity index (χ3v) is 3.28. The van der Waals surface area contributed by atoms with Crippen LogP contribution in [0, 0.1) is 5.41 Å². The Morgan fingerprint density at radius 3 is 2.71 bits per heavy atom. The summed E-state index contributed by atoms with van der Waals surface area (Å²) in [5.41, 5.74) is 5.99. The first-order valence-electron chi connectivity index (χ1n) is 6.29. The molecule has 0 amide bonds. The van der Waals surface area contributed by atoms with Gasteiger partial charge in [-0.2, -0.15) is 0 Å². The minimum atomic E-state index is 0.268. The molecule has 0 saturated carbocycles. The van der Waals surface area contributed by atoms with Crippen LogP contribution in [0.2, 0.25) is 0 Å². The van der Waals surface area contributed by atoms with Crippen molar-refractivity contribution in [2.24, 2.45) is 18.2 Å². The molecule has 0 fully saturated rings. The highest BCUT2D eigenvalue weighted by molar-refractivity contribution is 4.90. The molecule has 0 unspecified atom stereocenters. The number of hydrogen-bond donors (Lipinski definition) is 1. The summed E-state index contributed by atoms with van der Waals surface area (Å²) in [6.45, 7) is 7.22. The maximum atomic E-state index is 5.73. The average molecular weight is 238 g/mol. The molecule has 4 heteroatoms. The van der Waals surface area contributed by atoms with E-state index in [1.54, 1.807) is 0 Å². The van der Waals surface area contributed by atoms with E-state index in [1.807, 2.05) is 19.4 Å². The Balaban J connectivity index is 2.27. The largest absolute Gasteiger partial charge is 0.337 e. The van der Waals surface area contributed by atoms with Gasteiger partial charge >= 0.3 is 0 Å². The molecule has 4 nitrogen and oxygen atoms in total. The van der Waals surface area contributed by atoms with E-state index in [2.05, 4.69) is 35.3 Å². The van der Waals surface area contributed by atoms with Crippen LogP contribution in [0.3, 0.4) is 0 Å². The number of nitrogens with two attached hydrogens (primary N) is 1. The second-order valence-electron chi connectivity index (χ2n) is 5.66. The van der Waals surface area contributed by atoms with Gasteiger partial charge in [0.1, 0.15) is 5.82 Å². The number of aromatic nitrogens is 2. The van der Waals surface area contributed by atoms with Crippen molar-refractivity contribution < 1.29 is 0 Å². The van der Waals surface area contributed by atoms with Crippen LogP contribution in [0.15, 0.2) is 12.4 Å². The molecule has 0 bridgehead atoms. The summed E-state index contributed by atoms with van der Waals surface area (Å²) >= 11 is 0. The number of hydrogen-bond acceptors (Lipinski definition) is 3. The molecule has 98 valence electrons. The lowest BCUT2D eigenvalue weighted by molar-refractivity contribution is 0.268. The van der Waals surface area contributed by atoms with E-state index in [0.29, 0.717) is 0 Å². The van der Waals surface area contributed by atoms with Crippen LogP contribution in [0.25, 0.3) is 0 Å². The van der Waals surface area contributed by atoms with Crippen LogP contribution in [-0.4, -0.2) is 34.6 Å². The first-order chi connectivity index (χ1) is 7.94. The molecule has 2 N–H and O–H groups in total. The molecule has 1 aromatic heterocycles. The third kappa shape index (κ3) is 4.88.